The van der Waals surface area contributed by atoms with E-state index in [1.807, 2.05) is 13.8 Å². The average Bonchev–Trinajstić information content (AvgIpc) is 3.24. The molecular formula is C16H17N5O3S2. The van der Waals surface area contributed by atoms with Crippen LogP contribution in [0.1, 0.15) is 23.1 Å². The quantitative estimate of drug-likeness (QED) is 0.672. The first-order chi connectivity index (χ1) is 12.4. The zero-order chi connectivity index (χ0) is 18.7. The molecule has 136 valence electrons. The Morgan fingerprint density at radius 2 is 2.00 bits per heavy atom. The molecule has 8 nitrogen and oxygen atoms in total. The molecule has 0 aliphatic heterocycles. The van der Waals surface area contributed by atoms with Gasteiger partial charge in [-0.15, -0.1) is 11.3 Å². The summed E-state index contributed by atoms with van der Waals surface area (Å²) in [4.78, 5) is 16.4. The van der Waals surface area contributed by atoms with Gasteiger partial charge in [-0.25, -0.2) is 13.4 Å². The lowest BCUT2D eigenvalue weighted by molar-refractivity contribution is 0.101. The topological polar surface area (TPSA) is 106 Å². The summed E-state index contributed by atoms with van der Waals surface area (Å²) in [5.41, 5.74) is 1.70. The number of carbonyl (C=O) groups excluding carboxylic acids is 1. The van der Waals surface area contributed by atoms with Gasteiger partial charge < -0.3 is 5.32 Å². The van der Waals surface area contributed by atoms with Crippen molar-refractivity contribution in [2.75, 3.05) is 10.0 Å². The highest BCUT2D eigenvalue weighted by Gasteiger charge is 2.17. The Morgan fingerprint density at radius 1 is 1.27 bits per heavy atom. The molecule has 0 saturated carbocycles. The maximum absolute atomic E-state index is 12.4. The van der Waals surface area contributed by atoms with Gasteiger partial charge in [-0.1, -0.05) is 0 Å². The molecule has 0 radical (unpaired) electrons. The molecule has 10 heteroatoms. The fraction of sp³-hybridized carbons (Fsp3) is 0.188. The van der Waals surface area contributed by atoms with Gasteiger partial charge in [-0.05, 0) is 44.2 Å². The summed E-state index contributed by atoms with van der Waals surface area (Å²) in [6.07, 6.45) is 1.52. The smallest absolute Gasteiger partial charge is 0.273 e. The molecule has 0 aliphatic carbocycles. The molecule has 2 N–H and O–H groups in total. The van der Waals surface area contributed by atoms with Crippen molar-refractivity contribution in [2.24, 2.45) is 0 Å². The first-order valence-electron chi connectivity index (χ1n) is 7.77. The largest absolute Gasteiger partial charge is 0.321 e. The molecule has 0 aliphatic rings. The highest BCUT2D eigenvalue weighted by atomic mass is 32.2. The Morgan fingerprint density at radius 3 is 2.62 bits per heavy atom. The van der Waals surface area contributed by atoms with Crippen LogP contribution in [0.2, 0.25) is 0 Å². The van der Waals surface area contributed by atoms with Crippen molar-refractivity contribution in [3.05, 3.63) is 53.3 Å². The predicted molar refractivity (Wildman–Crippen MR) is 100.0 cm³/mol. The van der Waals surface area contributed by atoms with Crippen molar-refractivity contribution in [1.29, 1.82) is 0 Å². The monoisotopic (exact) mass is 391 g/mol. The predicted octanol–water partition coefficient (Wildman–Crippen LogP) is 2.72. The zero-order valence-electron chi connectivity index (χ0n) is 14.1. The number of anilines is 2. The van der Waals surface area contributed by atoms with Crippen LogP contribution < -0.4 is 10.0 Å². The van der Waals surface area contributed by atoms with Gasteiger partial charge >= 0.3 is 0 Å². The Kier molecular flexibility index (Phi) is 5.05. The molecular weight excluding hydrogens is 374 g/mol. The molecule has 2 heterocycles. The van der Waals surface area contributed by atoms with Gasteiger partial charge in [0.25, 0.3) is 15.9 Å². The normalized spacial score (nSPS) is 11.3. The number of rotatable bonds is 6. The number of hydrogen-bond acceptors (Lipinski definition) is 6. The van der Waals surface area contributed by atoms with E-state index in [-0.39, 0.29) is 10.8 Å². The third kappa shape index (κ3) is 3.92. The third-order valence-corrected chi connectivity index (χ3v) is 5.68. The maximum Gasteiger partial charge on any atom is 0.273 e. The van der Waals surface area contributed by atoms with Crippen LogP contribution in [-0.4, -0.2) is 29.1 Å². The zero-order valence-corrected chi connectivity index (χ0v) is 15.8. The Balaban J connectivity index is 1.74. The van der Waals surface area contributed by atoms with Crippen LogP contribution in [0.3, 0.4) is 0 Å². The summed E-state index contributed by atoms with van der Waals surface area (Å²) in [5.74, 6) is -0.302. The highest BCUT2D eigenvalue weighted by molar-refractivity contribution is 7.93. The lowest BCUT2D eigenvalue weighted by Crippen LogP contribution is -2.17. The van der Waals surface area contributed by atoms with Crippen LogP contribution in [-0.2, 0) is 16.6 Å². The fourth-order valence-corrected chi connectivity index (χ4v) is 4.12. The Labute approximate surface area is 154 Å². The van der Waals surface area contributed by atoms with E-state index in [1.54, 1.807) is 16.1 Å². The van der Waals surface area contributed by atoms with Crippen molar-refractivity contribution < 1.29 is 13.2 Å². The van der Waals surface area contributed by atoms with Gasteiger partial charge in [-0.2, -0.15) is 5.10 Å². The second-order valence-corrected chi connectivity index (χ2v) is 7.98. The number of nitrogens with zero attached hydrogens (tertiary/aromatic N) is 3. The number of amides is 1. The number of nitrogens with one attached hydrogen (secondary N) is 2. The number of carbonyl (C=O) groups is 1. The van der Waals surface area contributed by atoms with Crippen molar-refractivity contribution in [2.45, 2.75) is 25.3 Å². The summed E-state index contributed by atoms with van der Waals surface area (Å²) in [5, 5.41) is 8.96. The lowest BCUT2D eigenvalue weighted by Gasteiger charge is -2.08. The Bertz CT molecular complexity index is 1010. The summed E-state index contributed by atoms with van der Waals surface area (Å²) < 4.78 is 28.6. The molecule has 26 heavy (non-hydrogen) atoms. The molecule has 0 spiro atoms. The van der Waals surface area contributed by atoms with Crippen LogP contribution in [0.4, 0.5) is 10.8 Å². The summed E-state index contributed by atoms with van der Waals surface area (Å²) in [6, 6.07) is 7.62. The second-order valence-electron chi connectivity index (χ2n) is 5.41. The lowest BCUT2D eigenvalue weighted by atomic mass is 10.3. The molecule has 0 saturated heterocycles. The Hall–Kier alpha value is -2.72. The second kappa shape index (κ2) is 7.26. The van der Waals surface area contributed by atoms with E-state index in [0.29, 0.717) is 23.1 Å². The highest BCUT2D eigenvalue weighted by Crippen LogP contribution is 2.20. The number of aryl methyl sites for hydroxylation is 2. The van der Waals surface area contributed by atoms with Gasteiger partial charge in [0, 0.05) is 23.8 Å². The first-order valence-corrected chi connectivity index (χ1v) is 10.1. The van der Waals surface area contributed by atoms with E-state index in [4.69, 9.17) is 0 Å². The number of hydrogen-bond donors (Lipinski definition) is 2. The van der Waals surface area contributed by atoms with E-state index in [0.717, 1.165) is 5.69 Å². The van der Waals surface area contributed by atoms with Crippen LogP contribution in [0, 0.1) is 6.92 Å². The SMILES string of the molecule is CCn1nc(C)cc1C(=O)Nc1ccc(S(=O)(=O)Nc2nccs2)cc1. The molecule has 1 amide bonds. The summed E-state index contributed by atoms with van der Waals surface area (Å²) in [6.45, 7) is 4.30. The van der Waals surface area contributed by atoms with Gasteiger partial charge in [0.2, 0.25) is 0 Å². The van der Waals surface area contributed by atoms with Crippen LogP contribution in [0.15, 0.2) is 46.8 Å². The summed E-state index contributed by atoms with van der Waals surface area (Å²) >= 11 is 1.19. The van der Waals surface area contributed by atoms with Crippen molar-refractivity contribution >= 4 is 38.1 Å². The van der Waals surface area contributed by atoms with E-state index in [2.05, 4.69) is 20.1 Å². The van der Waals surface area contributed by atoms with Gasteiger partial charge in [0.15, 0.2) is 5.13 Å². The molecule has 3 aromatic rings. The van der Waals surface area contributed by atoms with Crippen molar-refractivity contribution in [3.63, 3.8) is 0 Å². The minimum Gasteiger partial charge on any atom is -0.321 e. The van der Waals surface area contributed by atoms with Gasteiger partial charge in [0.05, 0.1) is 10.6 Å². The standard InChI is InChI=1S/C16H17N5O3S2/c1-3-21-14(10-11(2)19-21)15(22)18-12-4-6-13(7-5-12)26(23,24)20-16-17-8-9-25-16/h4-10H,3H2,1-2H3,(H,17,20)(H,18,22). The van der Waals surface area contributed by atoms with E-state index < -0.39 is 10.0 Å². The molecule has 1 aromatic carbocycles. The molecule has 0 atom stereocenters. The molecule has 0 fully saturated rings. The van der Waals surface area contributed by atoms with Crippen LogP contribution in [0.25, 0.3) is 0 Å². The first kappa shape index (κ1) is 18.1. The molecule has 2 aromatic heterocycles. The molecule has 0 bridgehead atoms. The third-order valence-electron chi connectivity index (χ3n) is 3.51. The van der Waals surface area contributed by atoms with E-state index >= 15 is 0 Å². The molecule has 3 rings (SSSR count). The fourth-order valence-electron chi connectivity index (χ4n) is 2.33. The molecule has 0 unspecified atom stereocenters. The van der Waals surface area contributed by atoms with Crippen molar-refractivity contribution in [1.82, 2.24) is 14.8 Å². The van der Waals surface area contributed by atoms with Crippen LogP contribution >= 0.6 is 11.3 Å². The number of sulfonamides is 1. The minimum atomic E-state index is -3.72. The summed E-state index contributed by atoms with van der Waals surface area (Å²) in [7, 11) is -3.72. The van der Waals surface area contributed by atoms with Gasteiger partial charge in [0.1, 0.15) is 5.69 Å². The number of thiazole rings is 1. The number of aromatic nitrogens is 3. The minimum absolute atomic E-state index is 0.0835. The van der Waals surface area contributed by atoms with Gasteiger partial charge in [-0.3, -0.25) is 14.2 Å². The maximum atomic E-state index is 12.4. The van der Waals surface area contributed by atoms with E-state index in [9.17, 15) is 13.2 Å². The van der Waals surface area contributed by atoms with E-state index in [1.165, 1.54) is 41.8 Å². The average molecular weight is 391 g/mol. The van der Waals surface area contributed by atoms with Crippen LogP contribution in [0.5, 0.6) is 0 Å². The van der Waals surface area contributed by atoms with Crippen molar-refractivity contribution in [3.8, 4) is 0 Å². The number of benzene rings is 1.